The Bertz CT molecular complexity index is 1230. The summed E-state index contributed by atoms with van der Waals surface area (Å²) in [6.07, 6.45) is -1.11. The first-order valence-electron chi connectivity index (χ1n) is 15.0. The fourth-order valence-corrected chi connectivity index (χ4v) is 14.5. The second-order valence-corrected chi connectivity index (χ2v) is 22.5. The highest BCUT2D eigenvalue weighted by Gasteiger charge is 2.51. The zero-order valence-corrected chi connectivity index (χ0v) is 32.6. The number of hydrogen-bond acceptors (Lipinski definition) is 14. The molecule has 0 amide bonds. The van der Waals surface area contributed by atoms with Crippen molar-refractivity contribution in [3.05, 3.63) is 0 Å². The smallest absolute Gasteiger partial charge is 0.357 e. The van der Waals surface area contributed by atoms with Gasteiger partial charge in [0.25, 0.3) is 0 Å². The molecule has 306 valence electrons. The van der Waals surface area contributed by atoms with Crippen molar-refractivity contribution in [3.8, 4) is 0 Å². The molecule has 31 heteroatoms. The quantitative estimate of drug-likeness (QED) is 0.0441. The average Bonchev–Trinajstić information content (AvgIpc) is 2.90. The lowest BCUT2D eigenvalue weighted by Gasteiger charge is -2.38. The number of nitrogens with zero attached hydrogens (tertiary/aromatic N) is 3. The fourth-order valence-electron chi connectivity index (χ4n) is 5.21. The molecular formula is C20H49N3O22P6. The van der Waals surface area contributed by atoms with Crippen LogP contribution in [-0.2, 0) is 46.1 Å². The van der Waals surface area contributed by atoms with Crippen LogP contribution in [0.3, 0.4) is 0 Å². The maximum atomic E-state index is 13.3. The van der Waals surface area contributed by atoms with Crippen LogP contribution < -0.4 is 0 Å². The van der Waals surface area contributed by atoms with Gasteiger partial charge in [0, 0.05) is 39.3 Å². The van der Waals surface area contributed by atoms with Gasteiger partial charge >= 0.3 is 45.6 Å². The molecule has 0 saturated carbocycles. The van der Waals surface area contributed by atoms with E-state index in [2.05, 4.69) is 0 Å². The van der Waals surface area contributed by atoms with Crippen molar-refractivity contribution in [1.82, 2.24) is 14.7 Å². The minimum Gasteiger partial charge on any atom is -0.394 e. The van der Waals surface area contributed by atoms with Gasteiger partial charge in [0.15, 0.2) is 0 Å². The van der Waals surface area contributed by atoms with Gasteiger partial charge in [-0.25, -0.2) is 0 Å². The zero-order valence-electron chi connectivity index (χ0n) is 27.2. The first-order chi connectivity index (χ1) is 23.2. The van der Waals surface area contributed by atoms with E-state index in [9.17, 15) is 81.2 Å². The molecule has 0 bridgehead atoms. The van der Waals surface area contributed by atoms with E-state index in [1.165, 1.54) is 0 Å². The summed E-state index contributed by atoms with van der Waals surface area (Å²) in [5.74, 6) is 0. The summed E-state index contributed by atoms with van der Waals surface area (Å²) in [5, 5.41) is 8.64. The molecule has 51 heavy (non-hydrogen) atoms. The molecule has 2 atom stereocenters. The lowest BCUT2D eigenvalue weighted by molar-refractivity contribution is 0.00289. The topological polar surface area (TPSA) is 392 Å². The number of rotatable bonds is 21. The molecule has 1 aliphatic heterocycles. The molecule has 2 unspecified atom stereocenters. The minimum absolute atomic E-state index is 0.0193. The summed E-state index contributed by atoms with van der Waals surface area (Å²) >= 11 is 0. The van der Waals surface area contributed by atoms with Gasteiger partial charge in [-0.05, 0) is 19.3 Å². The lowest BCUT2D eigenvalue weighted by atomic mass is 10.2. The van der Waals surface area contributed by atoms with Gasteiger partial charge in [0.1, 0.15) is 0 Å². The third-order valence-electron chi connectivity index (χ3n) is 6.93. The average molecular weight is 869 g/mol. The number of aliphatic hydroxyl groups is 1. The predicted molar refractivity (Wildman–Crippen MR) is 175 cm³/mol. The third kappa shape index (κ3) is 18.4. The van der Waals surface area contributed by atoms with Gasteiger partial charge in [0.05, 0.1) is 52.9 Å². The second-order valence-electron chi connectivity index (χ2n) is 11.1. The molecule has 0 aromatic carbocycles. The molecule has 0 aromatic rings. The van der Waals surface area contributed by atoms with E-state index in [0.717, 1.165) is 4.90 Å². The van der Waals surface area contributed by atoms with Crippen LogP contribution in [0, 0.1) is 0 Å². The van der Waals surface area contributed by atoms with Crippen molar-refractivity contribution in [2.24, 2.45) is 0 Å². The Labute approximate surface area is 293 Å². The van der Waals surface area contributed by atoms with E-state index >= 15 is 0 Å². The van der Waals surface area contributed by atoms with Crippen LogP contribution in [0.15, 0.2) is 0 Å². The second kappa shape index (κ2) is 21.8. The van der Waals surface area contributed by atoms with Gasteiger partial charge in [0.2, 0.25) is 16.6 Å². The molecule has 12 N–H and O–H groups in total. The van der Waals surface area contributed by atoms with Crippen molar-refractivity contribution in [1.29, 1.82) is 0 Å². The Morgan fingerprint density at radius 2 is 0.667 bits per heavy atom. The van der Waals surface area contributed by atoms with E-state index in [-0.39, 0.29) is 65.5 Å². The minimum atomic E-state index is -5.63. The Morgan fingerprint density at radius 1 is 0.412 bits per heavy atom. The van der Waals surface area contributed by atoms with Gasteiger partial charge in [-0.3, -0.25) is 42.1 Å². The van der Waals surface area contributed by atoms with Crippen molar-refractivity contribution in [2.45, 2.75) is 35.8 Å². The molecule has 25 nitrogen and oxygen atoms in total. The van der Waals surface area contributed by atoms with Crippen LogP contribution in [0.2, 0.25) is 0 Å². The van der Waals surface area contributed by atoms with Gasteiger partial charge < -0.3 is 77.7 Å². The van der Waals surface area contributed by atoms with E-state index in [4.69, 9.17) is 23.8 Å². The largest absolute Gasteiger partial charge is 0.394 e. The summed E-state index contributed by atoms with van der Waals surface area (Å²) in [6.45, 7) is -4.18. The number of aliphatic hydroxyl groups excluding tert-OH is 1. The van der Waals surface area contributed by atoms with Crippen LogP contribution in [0.1, 0.15) is 19.3 Å². The maximum absolute atomic E-state index is 13.3. The highest BCUT2D eigenvalue weighted by Crippen LogP contribution is 2.65. The first-order valence-corrected chi connectivity index (χ1v) is 25.1. The molecular weight excluding hydrogens is 820 g/mol. The number of ether oxygens (including phenoxy) is 3. The summed E-state index contributed by atoms with van der Waals surface area (Å²) < 4.78 is 95.1. The maximum Gasteiger partial charge on any atom is 0.357 e. The standard InChI is InChI=1S/C20H49N3O22P6/c24-10-11-42-12-13-43-14-15-44-16-17-45-51(40,41)20(50(37,38)39)23-8-2-6-21(18(46(25,26)27)47(28,29)30)4-1-5-22(7-3-9-23)19(48(31,32)33)49(34,35)36/h18-20,24H,1-17H2,(H,40,41)(H2,25,26,27)(H2,28,29,30)(H2,31,32,33)(H2,34,35,36)(H2,37,38,39). The SMILES string of the molecule is O=P(O)(O)C(N1CCCN(C(P(=O)(O)O)P(=O)(O)O)CCCN(C(P(=O)(O)O)P(=O)(O)OCCOCCOCCOCCO)CCC1)P(=O)(O)O. The first kappa shape index (κ1) is 49.6. The summed E-state index contributed by atoms with van der Waals surface area (Å²) in [5.41, 5.74) is -8.09. The molecule has 0 radical (unpaired) electrons. The van der Waals surface area contributed by atoms with Crippen molar-refractivity contribution < 1.29 is 105 Å². The van der Waals surface area contributed by atoms with E-state index in [0.29, 0.717) is 9.80 Å². The molecule has 1 heterocycles. The molecule has 1 fully saturated rings. The van der Waals surface area contributed by atoms with E-state index < -0.39 is 108 Å². The number of hydrogen-bond donors (Lipinski definition) is 12. The highest BCUT2D eigenvalue weighted by molar-refractivity contribution is 7.71. The molecule has 0 aromatic heterocycles. The van der Waals surface area contributed by atoms with E-state index in [1.807, 2.05) is 0 Å². The van der Waals surface area contributed by atoms with Gasteiger partial charge in [-0.15, -0.1) is 0 Å². The van der Waals surface area contributed by atoms with Crippen LogP contribution in [0.5, 0.6) is 0 Å². The normalized spacial score (nSPS) is 19.9. The van der Waals surface area contributed by atoms with Gasteiger partial charge in [-0.2, -0.15) is 0 Å². The Kier molecular flexibility index (Phi) is 21.2. The third-order valence-corrected chi connectivity index (χ3v) is 18.4. The van der Waals surface area contributed by atoms with Crippen LogP contribution in [0.4, 0.5) is 0 Å². The van der Waals surface area contributed by atoms with E-state index in [1.54, 1.807) is 0 Å². The molecule has 0 spiro atoms. The molecule has 0 aliphatic carbocycles. The Morgan fingerprint density at radius 3 is 0.941 bits per heavy atom. The van der Waals surface area contributed by atoms with Crippen LogP contribution in [0.25, 0.3) is 0 Å². The molecule has 1 rings (SSSR count). The summed E-state index contributed by atoms with van der Waals surface area (Å²) in [7, 11) is -33.5. The van der Waals surface area contributed by atoms with Crippen molar-refractivity contribution in [3.63, 3.8) is 0 Å². The summed E-state index contributed by atoms with van der Waals surface area (Å²) in [4.78, 5) is 111. The molecule has 1 aliphatic rings. The van der Waals surface area contributed by atoms with Crippen LogP contribution in [-0.4, -0.2) is 182 Å². The Balaban J connectivity index is 3.33. The fraction of sp³-hybridized carbons (Fsp3) is 1.00. The van der Waals surface area contributed by atoms with Crippen molar-refractivity contribution in [2.75, 3.05) is 92.1 Å². The van der Waals surface area contributed by atoms with Crippen molar-refractivity contribution >= 4 is 45.6 Å². The zero-order chi connectivity index (χ0) is 39.3. The monoisotopic (exact) mass is 869 g/mol. The predicted octanol–water partition coefficient (Wildman–Crippen LogP) is -1.94. The summed E-state index contributed by atoms with van der Waals surface area (Å²) in [6, 6.07) is 0. The molecule has 1 saturated heterocycles. The van der Waals surface area contributed by atoms with Crippen LogP contribution >= 0.6 is 45.6 Å². The van der Waals surface area contributed by atoms with Gasteiger partial charge in [-0.1, -0.05) is 0 Å². The highest BCUT2D eigenvalue weighted by atomic mass is 31.2. The lowest BCUT2D eigenvalue weighted by Crippen LogP contribution is -2.44. The Hall–Kier alpha value is 0.620.